The minimum Gasteiger partial charge on any atom is -0.375 e. The van der Waals surface area contributed by atoms with E-state index < -0.39 is 10.7 Å². The first-order valence-corrected chi connectivity index (χ1v) is 9.99. The van der Waals surface area contributed by atoms with Crippen molar-refractivity contribution in [2.75, 3.05) is 26.2 Å². The first kappa shape index (κ1) is 18.4. The van der Waals surface area contributed by atoms with Crippen LogP contribution in [0.15, 0.2) is 53.6 Å². The molecule has 0 radical (unpaired) electrons. The Morgan fingerprint density at radius 1 is 1.00 bits per heavy atom. The number of nitrogens with zero attached hydrogens (tertiary/aromatic N) is 2. The third kappa shape index (κ3) is 5.06. The zero-order chi connectivity index (χ0) is 18.4. The molecule has 26 heavy (non-hydrogen) atoms. The highest BCUT2D eigenvalue weighted by atomic mass is 32.2. The van der Waals surface area contributed by atoms with E-state index in [-0.39, 0.29) is 11.3 Å². The van der Waals surface area contributed by atoms with Gasteiger partial charge in [0.2, 0.25) is 0 Å². The van der Waals surface area contributed by atoms with Crippen molar-refractivity contribution < 1.29 is 8.42 Å². The van der Waals surface area contributed by atoms with Crippen molar-refractivity contribution in [2.24, 2.45) is 0 Å². The lowest BCUT2D eigenvalue weighted by Gasteiger charge is -2.34. The summed E-state index contributed by atoms with van der Waals surface area (Å²) in [7, 11) is -2.43. The monoisotopic (exact) mass is 373 g/mol. The largest absolute Gasteiger partial charge is 0.375 e. The third-order valence-corrected chi connectivity index (χ3v) is 5.12. The minimum atomic E-state index is -2.43. The second-order valence-corrected chi connectivity index (χ2v) is 7.32. The van der Waals surface area contributed by atoms with Gasteiger partial charge in [0.15, 0.2) is 0 Å². The van der Waals surface area contributed by atoms with Gasteiger partial charge in [-0.15, -0.1) is 0 Å². The van der Waals surface area contributed by atoms with E-state index in [0.29, 0.717) is 6.54 Å². The van der Waals surface area contributed by atoms with E-state index in [2.05, 4.69) is 14.8 Å². The van der Waals surface area contributed by atoms with E-state index in [4.69, 9.17) is 0 Å². The third-order valence-electron chi connectivity index (χ3n) is 4.52. The zero-order valence-corrected chi connectivity index (χ0v) is 15.4. The topological polar surface area (TPSA) is 73.5 Å². The maximum absolute atomic E-state index is 11.8. The molecule has 0 amide bonds. The Bertz CT molecular complexity index is 889. The standard InChI is InChI=1S/C19H23N3O3S/c23-19-17(6-3-8-20-19)14-22-12-10-21(11-13-22)9-7-16-4-1-2-5-18(16)15-26(24)25/h1-9,26H,10-15H2,(H,20,23). The van der Waals surface area contributed by atoms with Crippen LogP contribution < -0.4 is 5.56 Å². The van der Waals surface area contributed by atoms with E-state index >= 15 is 0 Å². The number of aromatic amines is 1. The second-order valence-electron chi connectivity index (χ2n) is 6.34. The summed E-state index contributed by atoms with van der Waals surface area (Å²) in [6.45, 7) is 4.17. The van der Waals surface area contributed by atoms with E-state index in [1.807, 2.05) is 48.7 Å². The van der Waals surface area contributed by atoms with Gasteiger partial charge in [-0.1, -0.05) is 30.3 Å². The highest BCUT2D eigenvalue weighted by Crippen LogP contribution is 2.13. The molecule has 2 heterocycles. The maximum Gasteiger partial charge on any atom is 0.252 e. The van der Waals surface area contributed by atoms with Gasteiger partial charge in [-0.3, -0.25) is 9.69 Å². The van der Waals surface area contributed by atoms with Crippen LogP contribution in [0.5, 0.6) is 0 Å². The van der Waals surface area contributed by atoms with Gasteiger partial charge in [0.1, 0.15) is 10.7 Å². The maximum atomic E-state index is 11.8. The van der Waals surface area contributed by atoms with E-state index in [1.54, 1.807) is 6.20 Å². The van der Waals surface area contributed by atoms with Crippen molar-refractivity contribution in [1.82, 2.24) is 14.8 Å². The molecule has 1 aromatic heterocycles. The molecule has 0 atom stereocenters. The Labute approximate surface area is 154 Å². The minimum absolute atomic E-state index is 0.0249. The average molecular weight is 373 g/mol. The molecule has 0 bridgehead atoms. The molecule has 1 aromatic carbocycles. The second kappa shape index (κ2) is 8.82. The van der Waals surface area contributed by atoms with Crippen molar-refractivity contribution in [3.05, 3.63) is 75.8 Å². The Morgan fingerprint density at radius 2 is 1.73 bits per heavy atom. The zero-order valence-electron chi connectivity index (χ0n) is 14.5. The number of pyridine rings is 1. The molecule has 0 spiro atoms. The number of piperazine rings is 1. The number of aromatic nitrogens is 1. The molecule has 0 unspecified atom stereocenters. The first-order chi connectivity index (χ1) is 12.6. The fraction of sp³-hybridized carbons (Fsp3) is 0.316. The van der Waals surface area contributed by atoms with Crippen LogP contribution in [0.4, 0.5) is 0 Å². The normalized spacial score (nSPS) is 15.8. The predicted molar refractivity (Wildman–Crippen MR) is 103 cm³/mol. The number of hydrogen-bond donors (Lipinski definition) is 2. The van der Waals surface area contributed by atoms with Crippen LogP contribution >= 0.6 is 0 Å². The Balaban J connectivity index is 1.57. The highest BCUT2D eigenvalue weighted by Gasteiger charge is 2.15. The number of hydrogen-bond acceptors (Lipinski definition) is 5. The summed E-state index contributed by atoms with van der Waals surface area (Å²) in [5.74, 6) is 0.0647. The van der Waals surface area contributed by atoms with Crippen molar-refractivity contribution >= 4 is 16.8 Å². The lowest BCUT2D eigenvalue weighted by molar-refractivity contribution is 0.162. The van der Waals surface area contributed by atoms with Crippen molar-refractivity contribution in [3.8, 4) is 0 Å². The van der Waals surface area contributed by atoms with E-state index in [1.165, 1.54) is 0 Å². The molecule has 1 aliphatic heterocycles. The number of rotatable bonds is 6. The molecule has 0 saturated carbocycles. The Hall–Kier alpha value is -2.38. The summed E-state index contributed by atoms with van der Waals surface area (Å²) in [6, 6.07) is 11.3. The van der Waals surface area contributed by atoms with Crippen LogP contribution in [0.2, 0.25) is 0 Å². The molecule has 6 nitrogen and oxygen atoms in total. The Morgan fingerprint density at radius 3 is 2.46 bits per heavy atom. The van der Waals surface area contributed by atoms with Gasteiger partial charge >= 0.3 is 0 Å². The summed E-state index contributed by atoms with van der Waals surface area (Å²) in [5, 5.41) is 0. The fourth-order valence-corrected chi connectivity index (χ4v) is 3.62. The molecule has 1 aliphatic rings. The fourth-order valence-electron chi connectivity index (χ4n) is 3.06. The molecular formula is C19H23N3O3S. The van der Waals surface area contributed by atoms with Gasteiger partial charge in [0.25, 0.3) is 5.56 Å². The molecule has 0 aliphatic carbocycles. The van der Waals surface area contributed by atoms with Gasteiger partial charge in [-0.25, -0.2) is 8.42 Å². The van der Waals surface area contributed by atoms with Gasteiger partial charge in [0.05, 0.1) is 5.75 Å². The number of H-pyrrole nitrogens is 1. The van der Waals surface area contributed by atoms with Crippen molar-refractivity contribution in [3.63, 3.8) is 0 Å². The van der Waals surface area contributed by atoms with Crippen molar-refractivity contribution in [1.29, 1.82) is 0 Å². The smallest absolute Gasteiger partial charge is 0.252 e. The highest BCUT2D eigenvalue weighted by molar-refractivity contribution is 7.71. The van der Waals surface area contributed by atoms with Crippen LogP contribution in [-0.4, -0.2) is 49.4 Å². The molecule has 3 rings (SSSR count). The number of thiol groups is 1. The van der Waals surface area contributed by atoms with Gasteiger partial charge in [0, 0.05) is 44.5 Å². The van der Waals surface area contributed by atoms with Crippen LogP contribution in [0.3, 0.4) is 0 Å². The van der Waals surface area contributed by atoms with E-state index in [0.717, 1.165) is 42.9 Å². The molecule has 1 fully saturated rings. The van der Waals surface area contributed by atoms with Gasteiger partial charge in [-0.05, 0) is 29.5 Å². The average Bonchev–Trinajstić information content (AvgIpc) is 2.64. The number of nitrogens with one attached hydrogen (secondary N) is 1. The first-order valence-electron chi connectivity index (χ1n) is 8.63. The van der Waals surface area contributed by atoms with Gasteiger partial charge < -0.3 is 9.88 Å². The molecule has 138 valence electrons. The summed E-state index contributed by atoms with van der Waals surface area (Å²) < 4.78 is 22.0. The summed E-state index contributed by atoms with van der Waals surface area (Å²) in [4.78, 5) is 19.0. The Kier molecular flexibility index (Phi) is 6.25. The van der Waals surface area contributed by atoms with Crippen molar-refractivity contribution in [2.45, 2.75) is 12.3 Å². The van der Waals surface area contributed by atoms with Crippen LogP contribution in [0.25, 0.3) is 6.08 Å². The predicted octanol–water partition coefficient (Wildman–Crippen LogP) is 1.27. The molecule has 1 N–H and O–H groups in total. The van der Waals surface area contributed by atoms with E-state index in [9.17, 15) is 13.2 Å². The molecule has 7 heteroatoms. The molecule has 2 aromatic rings. The summed E-state index contributed by atoms with van der Waals surface area (Å²) in [5.41, 5.74) is 2.52. The van der Waals surface area contributed by atoms with Crippen LogP contribution in [0.1, 0.15) is 16.7 Å². The quantitative estimate of drug-likeness (QED) is 0.746. The molecule has 1 saturated heterocycles. The molecular weight excluding hydrogens is 350 g/mol. The summed E-state index contributed by atoms with van der Waals surface area (Å²) in [6.07, 6.45) is 5.66. The lowest BCUT2D eigenvalue weighted by Crippen LogP contribution is -2.44. The van der Waals surface area contributed by atoms with Crippen LogP contribution in [-0.2, 0) is 23.0 Å². The van der Waals surface area contributed by atoms with Crippen LogP contribution in [0, 0.1) is 0 Å². The lowest BCUT2D eigenvalue weighted by atomic mass is 10.1. The summed E-state index contributed by atoms with van der Waals surface area (Å²) >= 11 is 0. The SMILES string of the molecule is O=c1[nH]cccc1CN1CCN(C=Cc2ccccc2C[SH](=O)=O)CC1. The van der Waals surface area contributed by atoms with Gasteiger partial charge in [-0.2, -0.15) is 0 Å². The number of benzene rings is 1.